The van der Waals surface area contributed by atoms with Gasteiger partial charge in [0.1, 0.15) is 17.2 Å². The van der Waals surface area contributed by atoms with Crippen LogP contribution in [-0.2, 0) is 6.42 Å². The third-order valence-corrected chi connectivity index (χ3v) is 3.26. The largest absolute Gasteiger partial charge is 0.573 e. The molecular weight excluding hydrogens is 307 g/mol. The molecule has 0 heterocycles. The first kappa shape index (κ1) is 17.0. The molecule has 2 rings (SSSR count). The zero-order chi connectivity index (χ0) is 17.0. The van der Waals surface area contributed by atoms with Crippen molar-refractivity contribution in [3.05, 3.63) is 47.5 Å². The van der Waals surface area contributed by atoms with E-state index in [1.807, 2.05) is 13.0 Å². The first-order valence-electron chi connectivity index (χ1n) is 7.21. The van der Waals surface area contributed by atoms with Crippen molar-refractivity contribution in [2.24, 2.45) is 0 Å². The lowest BCUT2D eigenvalue weighted by Crippen LogP contribution is -2.16. The highest BCUT2D eigenvalue weighted by Gasteiger charge is 2.30. The van der Waals surface area contributed by atoms with E-state index in [9.17, 15) is 13.2 Å². The van der Waals surface area contributed by atoms with Crippen LogP contribution in [0.5, 0.6) is 17.2 Å². The highest BCUT2D eigenvalue weighted by Crippen LogP contribution is 2.30. The van der Waals surface area contributed by atoms with Gasteiger partial charge in [0, 0.05) is 5.69 Å². The molecule has 0 aliphatic heterocycles. The second kappa shape index (κ2) is 6.81. The third kappa shape index (κ3) is 4.81. The average molecular weight is 325 g/mol. The fourth-order valence-corrected chi connectivity index (χ4v) is 2.22. The van der Waals surface area contributed by atoms with Crippen molar-refractivity contribution in [3.63, 3.8) is 0 Å². The van der Waals surface area contributed by atoms with Crippen LogP contribution < -0.4 is 15.2 Å². The maximum absolute atomic E-state index is 12.1. The second-order valence-electron chi connectivity index (χ2n) is 5.18. The highest BCUT2D eigenvalue weighted by molar-refractivity contribution is 5.57. The lowest BCUT2D eigenvalue weighted by molar-refractivity contribution is -0.274. The molecule has 0 saturated heterocycles. The molecule has 3 nitrogen and oxygen atoms in total. The minimum absolute atomic E-state index is 0.287. The van der Waals surface area contributed by atoms with E-state index >= 15 is 0 Å². The van der Waals surface area contributed by atoms with Gasteiger partial charge in [-0.1, -0.05) is 13.3 Å². The van der Waals surface area contributed by atoms with E-state index < -0.39 is 6.36 Å². The van der Waals surface area contributed by atoms with Crippen molar-refractivity contribution in [1.82, 2.24) is 0 Å². The van der Waals surface area contributed by atoms with E-state index in [0.29, 0.717) is 11.5 Å². The number of halogens is 3. The number of hydrogen-bond acceptors (Lipinski definition) is 3. The monoisotopic (exact) mass is 325 g/mol. The van der Waals surface area contributed by atoms with Gasteiger partial charge >= 0.3 is 6.36 Å². The average Bonchev–Trinajstić information content (AvgIpc) is 2.45. The summed E-state index contributed by atoms with van der Waals surface area (Å²) >= 11 is 0. The molecule has 0 bridgehead atoms. The molecule has 6 heteroatoms. The van der Waals surface area contributed by atoms with Crippen LogP contribution in [-0.4, -0.2) is 6.36 Å². The molecule has 2 aromatic carbocycles. The molecule has 0 saturated carbocycles. The Labute approximate surface area is 132 Å². The molecular formula is C17H18F3NO2. The Bertz CT molecular complexity index is 667. The summed E-state index contributed by atoms with van der Waals surface area (Å²) in [7, 11) is 0. The van der Waals surface area contributed by atoms with Crippen LogP contribution in [0.3, 0.4) is 0 Å². The summed E-state index contributed by atoms with van der Waals surface area (Å²) in [6.45, 7) is 3.95. The van der Waals surface area contributed by atoms with Crippen molar-refractivity contribution in [3.8, 4) is 17.2 Å². The Morgan fingerprint density at radius 3 is 2.17 bits per heavy atom. The highest BCUT2D eigenvalue weighted by atomic mass is 19.4. The molecule has 2 N–H and O–H groups in total. The van der Waals surface area contributed by atoms with Crippen LogP contribution in [0.2, 0.25) is 0 Å². The fraction of sp³-hybridized carbons (Fsp3) is 0.294. The van der Waals surface area contributed by atoms with Gasteiger partial charge in [-0.15, -0.1) is 13.2 Å². The zero-order valence-electron chi connectivity index (χ0n) is 12.9. The summed E-state index contributed by atoms with van der Waals surface area (Å²) in [5.41, 5.74) is 8.68. The minimum Gasteiger partial charge on any atom is -0.457 e. The first-order valence-corrected chi connectivity index (χ1v) is 7.21. The smallest absolute Gasteiger partial charge is 0.457 e. The predicted octanol–water partition coefficient (Wildman–Crippen LogP) is 5.22. The molecule has 0 radical (unpaired) electrons. The molecule has 0 aliphatic carbocycles. The van der Waals surface area contributed by atoms with Crippen molar-refractivity contribution in [2.75, 3.05) is 5.73 Å². The molecule has 124 valence electrons. The summed E-state index contributed by atoms with van der Waals surface area (Å²) in [5, 5.41) is 0. The number of aryl methyl sites for hydroxylation is 2. The number of hydrogen-bond donors (Lipinski definition) is 1. The second-order valence-corrected chi connectivity index (χ2v) is 5.18. The van der Waals surface area contributed by atoms with Crippen molar-refractivity contribution in [2.45, 2.75) is 33.1 Å². The standard InChI is InChI=1S/C17H18F3NO2/c1-3-4-12-10-15(9-11(2)16(12)21)22-13-5-7-14(8-6-13)23-17(18,19)20/h5-10H,3-4,21H2,1-2H3. The molecule has 2 aromatic rings. The van der Waals surface area contributed by atoms with E-state index in [1.165, 1.54) is 24.3 Å². The molecule has 0 atom stereocenters. The van der Waals surface area contributed by atoms with E-state index in [-0.39, 0.29) is 5.75 Å². The maximum atomic E-state index is 12.1. The normalized spacial score (nSPS) is 11.3. The van der Waals surface area contributed by atoms with Crippen molar-refractivity contribution >= 4 is 5.69 Å². The maximum Gasteiger partial charge on any atom is 0.573 e. The van der Waals surface area contributed by atoms with Crippen molar-refractivity contribution < 1.29 is 22.6 Å². The van der Waals surface area contributed by atoms with Crippen molar-refractivity contribution in [1.29, 1.82) is 0 Å². The number of nitrogen functional groups attached to an aromatic ring is 1. The van der Waals surface area contributed by atoms with Gasteiger partial charge in [-0.2, -0.15) is 0 Å². The number of benzene rings is 2. The zero-order valence-corrected chi connectivity index (χ0v) is 12.9. The van der Waals surface area contributed by atoms with Crippen LogP contribution in [0.25, 0.3) is 0 Å². The molecule has 0 unspecified atom stereocenters. The van der Waals surface area contributed by atoms with Gasteiger partial charge in [0.2, 0.25) is 0 Å². The van der Waals surface area contributed by atoms with E-state index in [0.717, 1.165) is 29.7 Å². The molecule has 0 spiro atoms. The lowest BCUT2D eigenvalue weighted by Gasteiger charge is -2.13. The Kier molecular flexibility index (Phi) is 5.03. The Hall–Kier alpha value is -2.37. The Balaban J connectivity index is 2.16. The molecule has 0 aliphatic rings. The van der Waals surface area contributed by atoms with Gasteiger partial charge in [0.15, 0.2) is 0 Å². The Morgan fingerprint density at radius 1 is 1.00 bits per heavy atom. The summed E-state index contributed by atoms with van der Waals surface area (Å²) in [6, 6.07) is 8.92. The molecule has 0 amide bonds. The van der Waals surface area contributed by atoms with Gasteiger partial charge in [-0.3, -0.25) is 0 Å². The molecule has 0 fully saturated rings. The van der Waals surface area contributed by atoms with E-state index in [2.05, 4.69) is 11.7 Å². The van der Waals surface area contributed by atoms with Crippen LogP contribution >= 0.6 is 0 Å². The van der Waals surface area contributed by atoms with E-state index in [1.54, 1.807) is 6.07 Å². The van der Waals surface area contributed by atoms with Gasteiger partial charge in [0.25, 0.3) is 0 Å². The van der Waals surface area contributed by atoms with Crippen LogP contribution in [0.15, 0.2) is 36.4 Å². The SMILES string of the molecule is CCCc1cc(Oc2ccc(OC(F)(F)F)cc2)cc(C)c1N. The summed E-state index contributed by atoms with van der Waals surface area (Å²) < 4.78 is 45.9. The summed E-state index contributed by atoms with van der Waals surface area (Å²) in [5.74, 6) is 0.737. The summed E-state index contributed by atoms with van der Waals surface area (Å²) in [6.07, 6.45) is -2.91. The van der Waals surface area contributed by atoms with Gasteiger partial charge in [-0.25, -0.2) is 0 Å². The number of anilines is 1. The fourth-order valence-electron chi connectivity index (χ4n) is 2.22. The number of nitrogens with two attached hydrogens (primary N) is 1. The summed E-state index contributed by atoms with van der Waals surface area (Å²) in [4.78, 5) is 0. The Morgan fingerprint density at radius 2 is 1.61 bits per heavy atom. The van der Waals surface area contributed by atoms with Gasteiger partial charge in [-0.05, 0) is 60.9 Å². The molecule has 23 heavy (non-hydrogen) atoms. The van der Waals surface area contributed by atoms with Gasteiger partial charge in [0.05, 0.1) is 0 Å². The quantitative estimate of drug-likeness (QED) is 0.766. The number of rotatable bonds is 5. The van der Waals surface area contributed by atoms with Crippen LogP contribution in [0.4, 0.5) is 18.9 Å². The topological polar surface area (TPSA) is 44.5 Å². The third-order valence-electron chi connectivity index (χ3n) is 3.26. The lowest BCUT2D eigenvalue weighted by atomic mass is 10.0. The molecule has 0 aromatic heterocycles. The van der Waals surface area contributed by atoms with E-state index in [4.69, 9.17) is 10.5 Å². The minimum atomic E-state index is -4.70. The van der Waals surface area contributed by atoms with Gasteiger partial charge < -0.3 is 15.2 Å². The predicted molar refractivity (Wildman–Crippen MR) is 82.8 cm³/mol. The van der Waals surface area contributed by atoms with Crippen LogP contribution in [0.1, 0.15) is 24.5 Å². The number of ether oxygens (including phenoxy) is 2. The first-order chi connectivity index (χ1) is 10.8. The number of alkyl halides is 3. The van der Waals surface area contributed by atoms with Crippen LogP contribution in [0, 0.1) is 6.92 Å².